The Bertz CT molecular complexity index is 405. The zero-order valence-corrected chi connectivity index (χ0v) is 11.1. The van der Waals surface area contributed by atoms with Gasteiger partial charge in [0, 0.05) is 11.6 Å². The van der Waals surface area contributed by atoms with Crippen molar-refractivity contribution < 1.29 is 9.53 Å². The summed E-state index contributed by atoms with van der Waals surface area (Å²) in [5, 5.41) is 0. The number of carbonyl (C=O) groups is 1. The van der Waals surface area contributed by atoms with E-state index in [1.165, 1.54) is 19.3 Å². The van der Waals surface area contributed by atoms with Gasteiger partial charge in [0.1, 0.15) is 18.1 Å². The minimum Gasteiger partial charge on any atom is -0.489 e. The molecule has 1 aromatic carbocycles. The van der Waals surface area contributed by atoms with E-state index in [1.807, 2.05) is 12.1 Å². The molecule has 18 heavy (non-hydrogen) atoms. The van der Waals surface area contributed by atoms with Gasteiger partial charge >= 0.3 is 0 Å². The van der Waals surface area contributed by atoms with Crippen molar-refractivity contribution in [3.63, 3.8) is 0 Å². The van der Waals surface area contributed by atoms with Gasteiger partial charge < -0.3 is 4.74 Å². The molecule has 2 atom stereocenters. The van der Waals surface area contributed by atoms with Crippen LogP contribution >= 0.6 is 0 Å². The molecule has 0 amide bonds. The molecule has 1 aliphatic heterocycles. The molecule has 0 bridgehead atoms. The second kappa shape index (κ2) is 6.01. The highest BCUT2D eigenvalue weighted by molar-refractivity contribution is 5.75. The van der Waals surface area contributed by atoms with E-state index in [2.05, 4.69) is 18.9 Å². The summed E-state index contributed by atoms with van der Waals surface area (Å²) in [5.41, 5.74) is 0.664. The van der Waals surface area contributed by atoms with Crippen LogP contribution in [0.4, 0.5) is 0 Å². The molecule has 3 nitrogen and oxygen atoms in total. The number of piperidine rings is 1. The molecular weight excluding hydrogens is 226 g/mol. The van der Waals surface area contributed by atoms with Gasteiger partial charge in [0.25, 0.3) is 0 Å². The molecule has 1 heterocycles. The Morgan fingerprint density at radius 2 is 2.28 bits per heavy atom. The van der Waals surface area contributed by atoms with Crippen LogP contribution in [-0.4, -0.2) is 36.9 Å². The van der Waals surface area contributed by atoms with Gasteiger partial charge in [0.05, 0.1) is 0 Å². The van der Waals surface area contributed by atoms with Gasteiger partial charge in [0.2, 0.25) is 0 Å². The lowest BCUT2D eigenvalue weighted by molar-refractivity contribution is 0.0685. The first-order chi connectivity index (χ1) is 8.70. The number of aldehydes is 1. The summed E-state index contributed by atoms with van der Waals surface area (Å²) in [6.45, 7) is 3.26. The van der Waals surface area contributed by atoms with Crippen LogP contribution in [-0.2, 0) is 0 Å². The number of likely N-dealkylation sites (N-methyl/N-ethyl adjacent to an activating group) is 1. The molecule has 0 aromatic heterocycles. The summed E-state index contributed by atoms with van der Waals surface area (Å²) in [4.78, 5) is 13.1. The number of hydrogen-bond acceptors (Lipinski definition) is 3. The van der Waals surface area contributed by atoms with Crippen molar-refractivity contribution in [2.75, 3.05) is 13.6 Å². The first kappa shape index (κ1) is 13.1. The van der Waals surface area contributed by atoms with Gasteiger partial charge in [-0.15, -0.1) is 0 Å². The number of rotatable bonds is 4. The molecule has 1 aliphatic rings. The van der Waals surface area contributed by atoms with Crippen LogP contribution in [0.3, 0.4) is 0 Å². The van der Waals surface area contributed by atoms with E-state index < -0.39 is 0 Å². The number of nitrogens with zero attached hydrogens (tertiary/aromatic N) is 1. The quantitative estimate of drug-likeness (QED) is 0.766. The number of likely N-dealkylation sites (tertiary alicyclic amines) is 1. The molecule has 0 spiro atoms. The largest absolute Gasteiger partial charge is 0.489 e. The Morgan fingerprint density at radius 3 is 3.00 bits per heavy atom. The molecule has 0 radical (unpaired) electrons. The van der Waals surface area contributed by atoms with Gasteiger partial charge in [0.15, 0.2) is 0 Å². The summed E-state index contributed by atoms with van der Waals surface area (Å²) >= 11 is 0. The van der Waals surface area contributed by atoms with Gasteiger partial charge in [-0.25, -0.2) is 0 Å². The predicted molar refractivity (Wildman–Crippen MR) is 72.2 cm³/mol. The summed E-state index contributed by atoms with van der Waals surface area (Å²) in [6.07, 6.45) is 4.74. The molecule has 0 aliphatic carbocycles. The molecule has 1 aromatic rings. The lowest BCUT2D eigenvalue weighted by atomic mass is 9.99. The van der Waals surface area contributed by atoms with Crippen LogP contribution in [0.25, 0.3) is 0 Å². The van der Waals surface area contributed by atoms with Crippen LogP contribution in [0.5, 0.6) is 5.75 Å². The molecule has 3 heteroatoms. The molecule has 0 saturated carbocycles. The Hall–Kier alpha value is -1.35. The monoisotopic (exact) mass is 247 g/mol. The number of benzene rings is 1. The standard InChI is InChI=1S/C15H21NO2/c1-12(15-8-3-4-9-16(15)2)18-14-7-5-6-13(10-14)11-17/h5-7,10-12,15H,3-4,8-9H2,1-2H3. The second-order valence-corrected chi connectivity index (χ2v) is 5.06. The van der Waals surface area contributed by atoms with Crippen LogP contribution in [0.1, 0.15) is 36.5 Å². The highest BCUT2D eigenvalue weighted by Gasteiger charge is 2.25. The number of ether oxygens (including phenoxy) is 1. The van der Waals surface area contributed by atoms with E-state index in [0.717, 1.165) is 18.6 Å². The third-order valence-corrected chi connectivity index (χ3v) is 3.68. The average Bonchev–Trinajstić information content (AvgIpc) is 2.39. The molecule has 2 rings (SSSR count). The number of carbonyl (C=O) groups excluding carboxylic acids is 1. The minimum atomic E-state index is 0.150. The number of hydrogen-bond donors (Lipinski definition) is 0. The Morgan fingerprint density at radius 1 is 1.44 bits per heavy atom. The zero-order valence-electron chi connectivity index (χ0n) is 11.1. The fourth-order valence-corrected chi connectivity index (χ4v) is 2.65. The smallest absolute Gasteiger partial charge is 0.150 e. The maximum absolute atomic E-state index is 10.7. The van der Waals surface area contributed by atoms with E-state index in [1.54, 1.807) is 12.1 Å². The molecule has 1 saturated heterocycles. The van der Waals surface area contributed by atoms with E-state index in [4.69, 9.17) is 4.74 Å². The maximum Gasteiger partial charge on any atom is 0.150 e. The zero-order chi connectivity index (χ0) is 13.0. The SMILES string of the molecule is CC(Oc1cccc(C=O)c1)C1CCCCN1C. The summed E-state index contributed by atoms with van der Waals surface area (Å²) in [6, 6.07) is 7.82. The van der Waals surface area contributed by atoms with Crippen molar-refractivity contribution in [1.82, 2.24) is 4.90 Å². The van der Waals surface area contributed by atoms with E-state index in [9.17, 15) is 4.79 Å². The van der Waals surface area contributed by atoms with Crippen molar-refractivity contribution in [2.24, 2.45) is 0 Å². The Labute approximate surface area is 109 Å². The lowest BCUT2D eigenvalue weighted by Gasteiger charge is -2.36. The molecule has 0 N–H and O–H groups in total. The minimum absolute atomic E-state index is 0.150. The van der Waals surface area contributed by atoms with Crippen molar-refractivity contribution in [1.29, 1.82) is 0 Å². The summed E-state index contributed by atoms with van der Waals surface area (Å²) in [7, 11) is 2.16. The van der Waals surface area contributed by atoms with Crippen molar-refractivity contribution in [3.05, 3.63) is 29.8 Å². The fraction of sp³-hybridized carbons (Fsp3) is 0.533. The van der Waals surface area contributed by atoms with E-state index in [-0.39, 0.29) is 6.10 Å². The summed E-state index contributed by atoms with van der Waals surface area (Å²) < 4.78 is 5.97. The van der Waals surface area contributed by atoms with Gasteiger partial charge in [-0.1, -0.05) is 18.6 Å². The Balaban J connectivity index is 2.01. The van der Waals surface area contributed by atoms with Gasteiger partial charge in [-0.3, -0.25) is 9.69 Å². The van der Waals surface area contributed by atoms with Gasteiger partial charge in [-0.2, -0.15) is 0 Å². The third-order valence-electron chi connectivity index (χ3n) is 3.68. The second-order valence-electron chi connectivity index (χ2n) is 5.06. The molecular formula is C15H21NO2. The molecule has 2 unspecified atom stereocenters. The highest BCUT2D eigenvalue weighted by Crippen LogP contribution is 2.22. The Kier molecular flexibility index (Phi) is 4.37. The fourth-order valence-electron chi connectivity index (χ4n) is 2.65. The van der Waals surface area contributed by atoms with Crippen LogP contribution in [0, 0.1) is 0 Å². The van der Waals surface area contributed by atoms with Crippen molar-refractivity contribution >= 4 is 6.29 Å². The van der Waals surface area contributed by atoms with Crippen LogP contribution < -0.4 is 4.74 Å². The van der Waals surface area contributed by atoms with E-state index in [0.29, 0.717) is 11.6 Å². The topological polar surface area (TPSA) is 29.5 Å². The van der Waals surface area contributed by atoms with Crippen LogP contribution in [0.15, 0.2) is 24.3 Å². The highest BCUT2D eigenvalue weighted by atomic mass is 16.5. The maximum atomic E-state index is 10.7. The molecule has 98 valence electrons. The first-order valence-electron chi connectivity index (χ1n) is 6.63. The normalized spacial score (nSPS) is 22.4. The van der Waals surface area contributed by atoms with Gasteiger partial charge in [-0.05, 0) is 45.5 Å². The first-order valence-corrected chi connectivity index (χ1v) is 6.63. The average molecular weight is 247 g/mol. The predicted octanol–water partition coefficient (Wildman–Crippen LogP) is 2.75. The van der Waals surface area contributed by atoms with Crippen LogP contribution in [0.2, 0.25) is 0 Å². The van der Waals surface area contributed by atoms with Crippen molar-refractivity contribution in [2.45, 2.75) is 38.3 Å². The van der Waals surface area contributed by atoms with E-state index >= 15 is 0 Å². The molecule has 1 fully saturated rings. The summed E-state index contributed by atoms with van der Waals surface area (Å²) in [5.74, 6) is 0.783. The van der Waals surface area contributed by atoms with Crippen molar-refractivity contribution in [3.8, 4) is 5.75 Å². The third kappa shape index (κ3) is 3.10. The lowest BCUT2D eigenvalue weighted by Crippen LogP contribution is -2.45.